The van der Waals surface area contributed by atoms with Gasteiger partial charge in [0.25, 0.3) is 0 Å². The molecule has 0 fully saturated rings. The number of rotatable bonds is 6. The normalized spacial score (nSPS) is 10.5. The van der Waals surface area contributed by atoms with Gasteiger partial charge in [-0.05, 0) is 46.8 Å². The minimum absolute atomic E-state index is 0.0763. The average Bonchev–Trinajstić information content (AvgIpc) is 3.15. The van der Waals surface area contributed by atoms with Gasteiger partial charge < -0.3 is 9.47 Å². The van der Waals surface area contributed by atoms with Crippen LogP contribution in [0.15, 0.2) is 48.8 Å². The van der Waals surface area contributed by atoms with E-state index in [2.05, 4.69) is 15.5 Å². The van der Waals surface area contributed by atoms with Gasteiger partial charge in [0.2, 0.25) is 0 Å². The van der Waals surface area contributed by atoms with Gasteiger partial charge in [0.15, 0.2) is 0 Å². The molecule has 3 aromatic rings. The molecular formula is C16H12Cl2N4O3. The number of hydrogen-bond acceptors (Lipinski definition) is 6. The third-order valence-electron chi connectivity index (χ3n) is 3.16. The predicted octanol–water partition coefficient (Wildman–Crippen LogP) is 3.20. The van der Waals surface area contributed by atoms with Crippen LogP contribution in [0.25, 0.3) is 5.69 Å². The summed E-state index contributed by atoms with van der Waals surface area (Å²) in [6, 6.07) is 11.7. The topological polar surface area (TPSA) is 79.1 Å². The fourth-order valence-electron chi connectivity index (χ4n) is 2.02. The maximum absolute atomic E-state index is 12.1. The van der Waals surface area contributed by atoms with Crippen molar-refractivity contribution in [1.82, 2.24) is 20.2 Å². The van der Waals surface area contributed by atoms with E-state index in [1.165, 1.54) is 11.0 Å². The molecule has 0 atom stereocenters. The number of benzene rings is 2. The van der Waals surface area contributed by atoms with Crippen molar-refractivity contribution >= 4 is 29.2 Å². The molecule has 3 rings (SSSR count). The standard InChI is InChI=1S/C16H12Cl2N4O3/c17-12-4-5-15(14(18)9-12)24-6-7-25-16(23)11-2-1-3-13(8-11)22-10-19-20-21-22/h1-5,8-10H,6-7H2. The van der Waals surface area contributed by atoms with E-state index in [1.54, 1.807) is 42.5 Å². The molecule has 0 saturated carbocycles. The Balaban J connectivity index is 1.53. The Morgan fingerprint density at radius 1 is 1.12 bits per heavy atom. The molecule has 0 bridgehead atoms. The number of carbonyl (C=O) groups is 1. The second-order valence-electron chi connectivity index (χ2n) is 4.86. The zero-order chi connectivity index (χ0) is 17.6. The van der Waals surface area contributed by atoms with Crippen LogP contribution in [-0.2, 0) is 4.74 Å². The fraction of sp³-hybridized carbons (Fsp3) is 0.125. The summed E-state index contributed by atoms with van der Waals surface area (Å²) in [6.07, 6.45) is 1.44. The molecule has 0 aliphatic rings. The third-order valence-corrected chi connectivity index (χ3v) is 3.69. The van der Waals surface area contributed by atoms with Gasteiger partial charge in [0, 0.05) is 5.02 Å². The minimum Gasteiger partial charge on any atom is -0.488 e. The molecule has 2 aromatic carbocycles. The monoisotopic (exact) mass is 378 g/mol. The summed E-state index contributed by atoms with van der Waals surface area (Å²) in [5.74, 6) is 0.00326. The fourth-order valence-corrected chi connectivity index (χ4v) is 2.48. The van der Waals surface area contributed by atoms with Gasteiger partial charge in [0.1, 0.15) is 25.3 Å². The molecule has 0 aliphatic carbocycles. The average molecular weight is 379 g/mol. The minimum atomic E-state index is -0.472. The van der Waals surface area contributed by atoms with Crippen LogP contribution in [0.4, 0.5) is 0 Å². The first-order chi connectivity index (χ1) is 12.1. The van der Waals surface area contributed by atoms with Crippen LogP contribution in [-0.4, -0.2) is 39.4 Å². The Kier molecular flexibility index (Phi) is 5.47. The van der Waals surface area contributed by atoms with E-state index in [0.717, 1.165) is 0 Å². The van der Waals surface area contributed by atoms with E-state index in [1.807, 2.05) is 0 Å². The van der Waals surface area contributed by atoms with Crippen molar-refractivity contribution in [2.45, 2.75) is 0 Å². The molecule has 128 valence electrons. The van der Waals surface area contributed by atoms with Crippen LogP contribution in [0.5, 0.6) is 5.75 Å². The molecule has 0 N–H and O–H groups in total. The van der Waals surface area contributed by atoms with Crippen LogP contribution >= 0.6 is 23.2 Å². The van der Waals surface area contributed by atoms with Gasteiger partial charge in [-0.3, -0.25) is 0 Å². The summed E-state index contributed by atoms with van der Waals surface area (Å²) in [6.45, 7) is 0.243. The van der Waals surface area contributed by atoms with E-state index in [9.17, 15) is 4.79 Å². The van der Waals surface area contributed by atoms with Crippen molar-refractivity contribution in [1.29, 1.82) is 0 Å². The lowest BCUT2D eigenvalue weighted by Gasteiger charge is -2.09. The van der Waals surface area contributed by atoms with Gasteiger partial charge in [-0.15, -0.1) is 5.10 Å². The highest BCUT2D eigenvalue weighted by Crippen LogP contribution is 2.27. The maximum Gasteiger partial charge on any atom is 0.338 e. The summed E-state index contributed by atoms with van der Waals surface area (Å²) >= 11 is 11.8. The second-order valence-corrected chi connectivity index (χ2v) is 5.71. The smallest absolute Gasteiger partial charge is 0.338 e. The van der Waals surface area contributed by atoms with Crippen molar-refractivity contribution in [2.24, 2.45) is 0 Å². The predicted molar refractivity (Wildman–Crippen MR) is 91.4 cm³/mol. The van der Waals surface area contributed by atoms with Crippen LogP contribution in [0.1, 0.15) is 10.4 Å². The zero-order valence-electron chi connectivity index (χ0n) is 12.8. The number of hydrogen-bond donors (Lipinski definition) is 0. The Bertz CT molecular complexity index is 872. The zero-order valence-corrected chi connectivity index (χ0v) is 14.3. The molecule has 0 spiro atoms. The lowest BCUT2D eigenvalue weighted by molar-refractivity contribution is 0.0450. The quantitative estimate of drug-likeness (QED) is 0.484. The highest BCUT2D eigenvalue weighted by Gasteiger charge is 2.09. The molecular weight excluding hydrogens is 367 g/mol. The summed E-state index contributed by atoms with van der Waals surface area (Å²) in [5, 5.41) is 11.8. The Hall–Kier alpha value is -2.64. The van der Waals surface area contributed by atoms with Gasteiger partial charge >= 0.3 is 5.97 Å². The number of nitrogens with zero attached hydrogens (tertiary/aromatic N) is 4. The summed E-state index contributed by atoms with van der Waals surface area (Å²) in [4.78, 5) is 12.1. The van der Waals surface area contributed by atoms with Crippen molar-refractivity contribution in [3.05, 3.63) is 64.4 Å². The molecule has 0 aliphatic heterocycles. The molecule has 1 heterocycles. The van der Waals surface area contributed by atoms with E-state index in [-0.39, 0.29) is 13.2 Å². The number of aromatic nitrogens is 4. The Labute approximate surface area is 153 Å². The molecule has 1 aromatic heterocycles. The van der Waals surface area contributed by atoms with E-state index in [0.29, 0.717) is 27.0 Å². The highest BCUT2D eigenvalue weighted by atomic mass is 35.5. The van der Waals surface area contributed by atoms with Crippen molar-refractivity contribution in [2.75, 3.05) is 13.2 Å². The number of esters is 1. The van der Waals surface area contributed by atoms with E-state index < -0.39 is 5.97 Å². The van der Waals surface area contributed by atoms with Gasteiger partial charge in [-0.2, -0.15) is 0 Å². The molecule has 7 nitrogen and oxygen atoms in total. The summed E-state index contributed by atoms with van der Waals surface area (Å²) in [5.41, 5.74) is 1.04. The van der Waals surface area contributed by atoms with Crippen LogP contribution < -0.4 is 4.74 Å². The highest BCUT2D eigenvalue weighted by molar-refractivity contribution is 6.35. The maximum atomic E-state index is 12.1. The van der Waals surface area contributed by atoms with Crippen LogP contribution in [0.2, 0.25) is 10.0 Å². The largest absolute Gasteiger partial charge is 0.488 e. The molecule has 0 unspecified atom stereocenters. The third kappa shape index (κ3) is 4.46. The Morgan fingerprint density at radius 3 is 2.76 bits per heavy atom. The molecule has 0 saturated heterocycles. The van der Waals surface area contributed by atoms with Crippen molar-refractivity contribution < 1.29 is 14.3 Å². The number of tetrazole rings is 1. The van der Waals surface area contributed by atoms with Gasteiger partial charge in [-0.1, -0.05) is 29.3 Å². The van der Waals surface area contributed by atoms with Gasteiger partial charge in [0.05, 0.1) is 16.3 Å². The summed E-state index contributed by atoms with van der Waals surface area (Å²) < 4.78 is 12.1. The Morgan fingerprint density at radius 2 is 2.00 bits per heavy atom. The summed E-state index contributed by atoms with van der Waals surface area (Å²) in [7, 11) is 0. The number of carbonyl (C=O) groups excluding carboxylic acids is 1. The number of ether oxygens (including phenoxy) is 2. The first-order valence-electron chi connectivity index (χ1n) is 7.22. The second kappa shape index (κ2) is 7.96. The molecule has 9 heteroatoms. The molecule has 25 heavy (non-hydrogen) atoms. The van der Waals surface area contributed by atoms with Crippen LogP contribution in [0, 0.1) is 0 Å². The van der Waals surface area contributed by atoms with Crippen molar-refractivity contribution in [3.8, 4) is 11.4 Å². The van der Waals surface area contributed by atoms with Crippen LogP contribution in [0.3, 0.4) is 0 Å². The SMILES string of the molecule is O=C(OCCOc1ccc(Cl)cc1Cl)c1cccc(-n2cnnn2)c1. The van der Waals surface area contributed by atoms with Gasteiger partial charge in [-0.25, -0.2) is 9.48 Å². The number of halogens is 2. The molecule has 0 amide bonds. The lowest BCUT2D eigenvalue weighted by Crippen LogP contribution is -2.13. The first-order valence-corrected chi connectivity index (χ1v) is 7.97. The van der Waals surface area contributed by atoms with E-state index >= 15 is 0 Å². The lowest BCUT2D eigenvalue weighted by atomic mass is 10.2. The van der Waals surface area contributed by atoms with Crippen molar-refractivity contribution in [3.63, 3.8) is 0 Å². The molecule has 0 radical (unpaired) electrons. The van der Waals surface area contributed by atoms with E-state index in [4.69, 9.17) is 32.7 Å². The first kappa shape index (κ1) is 17.2.